The molecule has 0 aromatic rings. The highest BCUT2D eigenvalue weighted by Crippen LogP contribution is 2.45. The van der Waals surface area contributed by atoms with Gasteiger partial charge in [-0.1, -0.05) is 0 Å². The van der Waals surface area contributed by atoms with Crippen LogP contribution in [0.3, 0.4) is 0 Å². The number of sulfonamides is 1. The smallest absolute Gasteiger partial charge is 0.219 e. The lowest BCUT2D eigenvalue weighted by Gasteiger charge is -2.50. The highest BCUT2D eigenvalue weighted by Gasteiger charge is 2.46. The van der Waals surface area contributed by atoms with E-state index < -0.39 is 10.0 Å². The lowest BCUT2D eigenvalue weighted by Crippen LogP contribution is -2.54. The van der Waals surface area contributed by atoms with E-state index in [1.807, 2.05) is 4.90 Å². The Morgan fingerprint density at radius 1 is 1.25 bits per heavy atom. The first-order valence-electron chi connectivity index (χ1n) is 7.10. The van der Waals surface area contributed by atoms with E-state index in [0.29, 0.717) is 26.2 Å². The summed E-state index contributed by atoms with van der Waals surface area (Å²) < 4.78 is 24.8. The molecule has 1 amide bonds. The number of carbonyl (C=O) groups excluding carboxylic acids is 1. The Kier molecular flexibility index (Phi) is 4.41. The molecule has 1 N–H and O–H groups in total. The lowest BCUT2D eigenvalue weighted by molar-refractivity contribution is -0.132. The molecule has 7 heteroatoms. The zero-order valence-electron chi connectivity index (χ0n) is 12.2. The second-order valence-corrected chi connectivity index (χ2v) is 8.10. The predicted molar refractivity (Wildman–Crippen MR) is 75.5 cm³/mol. The average Bonchev–Trinajstić information content (AvgIpc) is 2.38. The second kappa shape index (κ2) is 5.61. The number of amides is 1. The average molecular weight is 304 g/mol. The minimum atomic E-state index is -3.19. The Morgan fingerprint density at radius 2 is 1.80 bits per heavy atom. The van der Waals surface area contributed by atoms with E-state index in [1.54, 1.807) is 6.92 Å². The van der Waals surface area contributed by atoms with E-state index >= 15 is 0 Å². The van der Waals surface area contributed by atoms with Gasteiger partial charge in [0.25, 0.3) is 0 Å². The van der Waals surface area contributed by atoms with E-state index in [2.05, 4.69) is 0 Å². The van der Waals surface area contributed by atoms with Crippen molar-refractivity contribution >= 4 is 15.9 Å². The Hall–Kier alpha value is -0.660. The third kappa shape index (κ3) is 2.99. The third-order valence-corrected chi connectivity index (χ3v) is 6.31. The highest BCUT2D eigenvalue weighted by molar-refractivity contribution is 7.88. The molecule has 0 aromatic heterocycles. The van der Waals surface area contributed by atoms with Crippen LogP contribution in [-0.4, -0.2) is 67.7 Å². The summed E-state index contributed by atoms with van der Waals surface area (Å²) in [5, 5.41) is 9.67. The fourth-order valence-corrected chi connectivity index (χ4v) is 4.43. The van der Waals surface area contributed by atoms with Gasteiger partial charge in [0.15, 0.2) is 0 Å². The van der Waals surface area contributed by atoms with Gasteiger partial charge in [-0.2, -0.15) is 0 Å². The Labute approximate surface area is 120 Å². The van der Waals surface area contributed by atoms with Crippen LogP contribution in [0.4, 0.5) is 0 Å². The molecule has 1 spiro atoms. The Balaban J connectivity index is 2.08. The van der Waals surface area contributed by atoms with Crippen LogP contribution in [0.1, 0.15) is 26.2 Å². The maximum Gasteiger partial charge on any atom is 0.219 e. The van der Waals surface area contributed by atoms with Crippen LogP contribution >= 0.6 is 0 Å². The Bertz CT molecular complexity index is 469. The Morgan fingerprint density at radius 3 is 2.25 bits per heavy atom. The molecule has 20 heavy (non-hydrogen) atoms. The molecule has 0 saturated carbocycles. The fourth-order valence-electron chi connectivity index (χ4n) is 3.56. The first kappa shape index (κ1) is 15.7. The summed E-state index contributed by atoms with van der Waals surface area (Å²) in [7, 11) is -3.19. The van der Waals surface area contributed by atoms with E-state index in [0.717, 1.165) is 19.3 Å². The molecule has 2 rings (SSSR count). The number of nitrogens with zero attached hydrogens (tertiary/aromatic N) is 2. The highest BCUT2D eigenvalue weighted by atomic mass is 32.2. The molecular formula is C13H24N2O4S. The normalized spacial score (nSPS) is 27.8. The number of piperidine rings is 2. The quantitative estimate of drug-likeness (QED) is 0.772. The van der Waals surface area contributed by atoms with Crippen molar-refractivity contribution in [3.05, 3.63) is 0 Å². The van der Waals surface area contributed by atoms with Crippen molar-refractivity contribution in [1.29, 1.82) is 0 Å². The summed E-state index contributed by atoms with van der Waals surface area (Å²) in [6, 6.07) is 0. The van der Waals surface area contributed by atoms with Crippen LogP contribution < -0.4 is 0 Å². The molecule has 1 atom stereocenters. The van der Waals surface area contributed by atoms with E-state index in [4.69, 9.17) is 0 Å². The molecule has 2 aliphatic rings. The number of hydrogen-bond acceptors (Lipinski definition) is 4. The van der Waals surface area contributed by atoms with Gasteiger partial charge >= 0.3 is 0 Å². The fraction of sp³-hybridized carbons (Fsp3) is 0.923. The summed E-state index contributed by atoms with van der Waals surface area (Å²) in [4.78, 5) is 13.2. The standard InChI is InChI=1S/C13H24N2O4S/c1-11(17)14-6-3-13(4-7-14)5-8-15(20(2,18)19)9-12(13)10-16/h12,16H,3-10H2,1-2H3/t12-/m0/s1. The summed E-state index contributed by atoms with van der Waals surface area (Å²) in [6.45, 7) is 3.93. The summed E-state index contributed by atoms with van der Waals surface area (Å²) in [5.74, 6) is 0.0639. The SMILES string of the molecule is CC(=O)N1CCC2(CC1)CCN(S(C)(=O)=O)C[C@H]2CO. The van der Waals surface area contributed by atoms with E-state index in [1.165, 1.54) is 10.6 Å². The van der Waals surface area contributed by atoms with Gasteiger partial charge in [0.05, 0.1) is 6.26 Å². The number of aliphatic hydroxyl groups excluding tert-OH is 1. The lowest BCUT2D eigenvalue weighted by atomic mass is 9.65. The largest absolute Gasteiger partial charge is 0.396 e. The van der Waals surface area contributed by atoms with Gasteiger partial charge in [0.2, 0.25) is 15.9 Å². The van der Waals surface area contributed by atoms with Crippen molar-refractivity contribution in [2.75, 3.05) is 39.0 Å². The summed E-state index contributed by atoms with van der Waals surface area (Å²) in [5.41, 5.74) is -0.0120. The molecular weight excluding hydrogens is 280 g/mol. The van der Waals surface area contributed by atoms with Crippen LogP contribution in [0.5, 0.6) is 0 Å². The predicted octanol–water partition coefficient (Wildman–Crippen LogP) is -0.111. The maximum absolute atomic E-state index is 11.7. The van der Waals surface area contributed by atoms with Crippen molar-refractivity contribution in [1.82, 2.24) is 9.21 Å². The minimum absolute atomic E-state index is 0.00604. The topological polar surface area (TPSA) is 77.9 Å². The van der Waals surface area contributed by atoms with Crippen molar-refractivity contribution < 1.29 is 18.3 Å². The van der Waals surface area contributed by atoms with Crippen LogP contribution in [0.25, 0.3) is 0 Å². The van der Waals surface area contributed by atoms with Crippen LogP contribution in [0.2, 0.25) is 0 Å². The number of aliphatic hydroxyl groups is 1. The van der Waals surface area contributed by atoms with Gasteiger partial charge in [-0.3, -0.25) is 4.79 Å². The number of rotatable bonds is 2. The third-order valence-electron chi connectivity index (χ3n) is 5.04. The van der Waals surface area contributed by atoms with Crippen molar-refractivity contribution in [2.24, 2.45) is 11.3 Å². The first-order chi connectivity index (χ1) is 9.28. The van der Waals surface area contributed by atoms with Gasteiger partial charge in [-0.15, -0.1) is 0 Å². The first-order valence-corrected chi connectivity index (χ1v) is 8.95. The molecule has 116 valence electrons. The second-order valence-electron chi connectivity index (χ2n) is 6.12. The van der Waals surface area contributed by atoms with Crippen molar-refractivity contribution in [3.8, 4) is 0 Å². The summed E-state index contributed by atoms with van der Waals surface area (Å²) in [6.07, 6.45) is 3.71. The minimum Gasteiger partial charge on any atom is -0.396 e. The monoisotopic (exact) mass is 304 g/mol. The van der Waals surface area contributed by atoms with E-state index in [9.17, 15) is 18.3 Å². The molecule has 0 aliphatic carbocycles. The van der Waals surface area contributed by atoms with Gasteiger partial charge in [-0.05, 0) is 24.7 Å². The van der Waals surface area contributed by atoms with Crippen LogP contribution in [-0.2, 0) is 14.8 Å². The number of likely N-dealkylation sites (tertiary alicyclic amines) is 1. The maximum atomic E-state index is 11.7. The molecule has 0 radical (unpaired) electrons. The van der Waals surface area contributed by atoms with Gasteiger partial charge in [0, 0.05) is 45.6 Å². The number of carbonyl (C=O) groups is 1. The molecule has 0 bridgehead atoms. The zero-order chi connectivity index (χ0) is 15.0. The molecule has 2 heterocycles. The van der Waals surface area contributed by atoms with Gasteiger partial charge < -0.3 is 10.0 Å². The van der Waals surface area contributed by atoms with Gasteiger partial charge in [-0.25, -0.2) is 12.7 Å². The molecule has 2 aliphatic heterocycles. The van der Waals surface area contributed by atoms with Crippen LogP contribution in [0.15, 0.2) is 0 Å². The zero-order valence-corrected chi connectivity index (χ0v) is 13.0. The molecule has 2 fully saturated rings. The van der Waals surface area contributed by atoms with Gasteiger partial charge in [0.1, 0.15) is 0 Å². The molecule has 6 nitrogen and oxygen atoms in total. The van der Waals surface area contributed by atoms with Crippen LogP contribution in [0, 0.1) is 11.3 Å². The molecule has 2 saturated heterocycles. The van der Waals surface area contributed by atoms with E-state index in [-0.39, 0.29) is 23.8 Å². The van der Waals surface area contributed by atoms with Crippen molar-refractivity contribution in [2.45, 2.75) is 26.2 Å². The molecule has 0 unspecified atom stereocenters. The molecule has 0 aromatic carbocycles. The summed E-state index contributed by atoms with van der Waals surface area (Å²) >= 11 is 0. The van der Waals surface area contributed by atoms with Crippen molar-refractivity contribution in [3.63, 3.8) is 0 Å². The number of hydrogen-bond donors (Lipinski definition) is 1.